The van der Waals surface area contributed by atoms with Gasteiger partial charge < -0.3 is 0 Å². The Hall–Kier alpha value is -2.07. The van der Waals surface area contributed by atoms with Crippen molar-refractivity contribution >= 4 is 28.6 Å². The first kappa shape index (κ1) is 13.4. The Labute approximate surface area is 115 Å². The van der Waals surface area contributed by atoms with Crippen molar-refractivity contribution in [1.29, 1.82) is 0 Å². The van der Waals surface area contributed by atoms with Crippen molar-refractivity contribution in [1.82, 2.24) is 0 Å². The van der Waals surface area contributed by atoms with Gasteiger partial charge in [0.2, 0.25) is 0 Å². The molecule has 0 radical (unpaired) electrons. The molecule has 0 N–H and O–H groups in total. The smallest absolute Gasteiger partial charge is 0.258 e. The van der Waals surface area contributed by atoms with Gasteiger partial charge in [-0.3, -0.25) is 10.1 Å². The summed E-state index contributed by atoms with van der Waals surface area (Å²) < 4.78 is 0. The molecular weight excluding hydrogens is 258 g/mol. The summed E-state index contributed by atoms with van der Waals surface area (Å²) in [5.41, 5.74) is 0.917. The molecule has 0 bridgehead atoms. The fourth-order valence-electron chi connectivity index (χ4n) is 1.77. The van der Waals surface area contributed by atoms with Crippen LogP contribution in [0, 0.1) is 10.1 Å². The van der Waals surface area contributed by atoms with Crippen molar-refractivity contribution in [2.75, 3.05) is 6.26 Å². The van der Waals surface area contributed by atoms with Gasteiger partial charge >= 0.3 is 0 Å². The zero-order chi connectivity index (χ0) is 13.7. The van der Waals surface area contributed by atoms with Gasteiger partial charge in [-0.25, -0.2) is 0 Å². The summed E-state index contributed by atoms with van der Waals surface area (Å²) in [6.45, 7) is 0. The number of hydrogen-bond acceptors (Lipinski definition) is 3. The highest BCUT2D eigenvalue weighted by molar-refractivity contribution is 8.01. The zero-order valence-electron chi connectivity index (χ0n) is 10.4. The SMILES string of the molecule is CS/C=C\C(=C/c1ccc2ccccc2c1)[N+](=O)[O-]. The molecule has 0 heterocycles. The second-order valence-corrected chi connectivity index (χ2v) is 4.71. The van der Waals surface area contributed by atoms with Crippen molar-refractivity contribution in [2.24, 2.45) is 0 Å². The van der Waals surface area contributed by atoms with Crippen LogP contribution in [0.2, 0.25) is 0 Å². The maximum absolute atomic E-state index is 11.0. The number of thioether (sulfide) groups is 1. The molecule has 0 aromatic heterocycles. The van der Waals surface area contributed by atoms with E-state index in [0.29, 0.717) is 0 Å². The molecule has 0 unspecified atom stereocenters. The molecule has 96 valence electrons. The number of hydrogen-bond donors (Lipinski definition) is 0. The lowest BCUT2D eigenvalue weighted by molar-refractivity contribution is -0.417. The highest BCUT2D eigenvalue weighted by Crippen LogP contribution is 2.18. The highest BCUT2D eigenvalue weighted by atomic mass is 32.2. The zero-order valence-corrected chi connectivity index (χ0v) is 11.3. The van der Waals surface area contributed by atoms with Crippen LogP contribution in [0.3, 0.4) is 0 Å². The maximum atomic E-state index is 11.0. The van der Waals surface area contributed by atoms with Gasteiger partial charge in [0.25, 0.3) is 5.70 Å². The molecule has 0 saturated carbocycles. The largest absolute Gasteiger partial charge is 0.270 e. The minimum Gasteiger partial charge on any atom is -0.258 e. The summed E-state index contributed by atoms with van der Waals surface area (Å²) in [6, 6.07) is 13.8. The van der Waals surface area contributed by atoms with Crippen LogP contribution in [0.25, 0.3) is 16.8 Å². The Morgan fingerprint density at radius 1 is 1.21 bits per heavy atom. The lowest BCUT2D eigenvalue weighted by Gasteiger charge is -1.99. The van der Waals surface area contributed by atoms with Crippen LogP contribution in [0.4, 0.5) is 0 Å². The van der Waals surface area contributed by atoms with E-state index < -0.39 is 0 Å². The van der Waals surface area contributed by atoms with E-state index in [0.717, 1.165) is 16.3 Å². The van der Waals surface area contributed by atoms with Gasteiger partial charge in [-0.2, -0.15) is 0 Å². The summed E-state index contributed by atoms with van der Waals surface area (Å²) >= 11 is 1.43. The van der Waals surface area contributed by atoms with Gasteiger partial charge in [-0.15, -0.1) is 11.8 Å². The van der Waals surface area contributed by atoms with Gasteiger partial charge in [-0.05, 0) is 34.1 Å². The molecule has 0 saturated heterocycles. The third-order valence-corrected chi connectivity index (χ3v) is 3.08. The summed E-state index contributed by atoms with van der Waals surface area (Å²) in [5, 5.41) is 14.9. The van der Waals surface area contributed by atoms with E-state index in [2.05, 4.69) is 0 Å². The summed E-state index contributed by atoms with van der Waals surface area (Å²) in [7, 11) is 0. The molecule has 3 nitrogen and oxygen atoms in total. The van der Waals surface area contributed by atoms with E-state index in [1.165, 1.54) is 17.8 Å². The summed E-state index contributed by atoms with van der Waals surface area (Å²) in [4.78, 5) is 10.6. The first-order valence-electron chi connectivity index (χ1n) is 5.75. The van der Waals surface area contributed by atoms with E-state index in [4.69, 9.17) is 0 Å². The predicted molar refractivity (Wildman–Crippen MR) is 81.6 cm³/mol. The third kappa shape index (κ3) is 3.45. The second kappa shape index (κ2) is 6.20. The number of nitro groups is 1. The van der Waals surface area contributed by atoms with Gasteiger partial charge in [-0.1, -0.05) is 36.4 Å². The van der Waals surface area contributed by atoms with Crippen LogP contribution in [-0.4, -0.2) is 11.2 Å². The predicted octanol–water partition coefficient (Wildman–Crippen LogP) is 4.33. The number of nitrogens with zero attached hydrogens (tertiary/aromatic N) is 1. The number of allylic oxidation sites excluding steroid dienone is 1. The fraction of sp³-hybridized carbons (Fsp3) is 0.0667. The van der Waals surface area contributed by atoms with Gasteiger partial charge in [0.1, 0.15) is 0 Å². The van der Waals surface area contributed by atoms with E-state index in [1.54, 1.807) is 11.5 Å². The van der Waals surface area contributed by atoms with Gasteiger partial charge in [0.05, 0.1) is 4.92 Å². The minimum absolute atomic E-state index is 0.0876. The van der Waals surface area contributed by atoms with Crippen molar-refractivity contribution in [3.8, 4) is 0 Å². The summed E-state index contributed by atoms with van der Waals surface area (Å²) in [5.74, 6) is 0. The number of fused-ring (bicyclic) bond motifs is 1. The average Bonchev–Trinajstić information content (AvgIpc) is 2.43. The monoisotopic (exact) mass is 271 g/mol. The Kier molecular flexibility index (Phi) is 4.36. The molecule has 2 aromatic rings. The molecule has 0 atom stereocenters. The first-order valence-corrected chi connectivity index (χ1v) is 7.04. The van der Waals surface area contributed by atoms with Crippen LogP contribution in [0.5, 0.6) is 0 Å². The van der Waals surface area contributed by atoms with Crippen LogP contribution >= 0.6 is 11.8 Å². The molecule has 0 fully saturated rings. The second-order valence-electron chi connectivity index (χ2n) is 3.97. The molecule has 19 heavy (non-hydrogen) atoms. The first-order chi connectivity index (χ1) is 9.20. The molecule has 0 aliphatic rings. The fourth-order valence-corrected chi connectivity index (χ4v) is 2.04. The lowest BCUT2D eigenvalue weighted by atomic mass is 10.1. The quantitative estimate of drug-likeness (QED) is 0.472. The molecule has 0 aliphatic carbocycles. The molecule has 0 spiro atoms. The van der Waals surface area contributed by atoms with E-state index in [-0.39, 0.29) is 10.6 Å². The van der Waals surface area contributed by atoms with Crippen LogP contribution in [0.15, 0.2) is 59.6 Å². The molecule has 2 aromatic carbocycles. The topological polar surface area (TPSA) is 43.1 Å². The molecule has 0 amide bonds. The Bertz CT molecular complexity index is 662. The lowest BCUT2D eigenvalue weighted by Crippen LogP contribution is -1.94. The van der Waals surface area contributed by atoms with E-state index in [1.807, 2.05) is 48.7 Å². The Morgan fingerprint density at radius 3 is 2.63 bits per heavy atom. The molecule has 4 heteroatoms. The number of rotatable bonds is 4. The van der Waals surface area contributed by atoms with Crippen LogP contribution in [0.1, 0.15) is 5.56 Å². The van der Waals surface area contributed by atoms with Crippen molar-refractivity contribution in [2.45, 2.75) is 0 Å². The highest BCUT2D eigenvalue weighted by Gasteiger charge is 2.06. The van der Waals surface area contributed by atoms with Crippen molar-refractivity contribution in [3.63, 3.8) is 0 Å². The molecule has 2 rings (SSSR count). The molecular formula is C15H13NO2S. The van der Waals surface area contributed by atoms with Crippen LogP contribution < -0.4 is 0 Å². The van der Waals surface area contributed by atoms with Crippen molar-refractivity contribution in [3.05, 3.63) is 75.3 Å². The Morgan fingerprint density at radius 2 is 1.95 bits per heavy atom. The maximum Gasteiger partial charge on any atom is 0.270 e. The minimum atomic E-state index is -0.373. The normalized spacial score (nSPS) is 12.2. The summed E-state index contributed by atoms with van der Waals surface area (Å²) in [6.07, 6.45) is 4.96. The van der Waals surface area contributed by atoms with Crippen molar-refractivity contribution < 1.29 is 4.92 Å². The van der Waals surface area contributed by atoms with Crippen LogP contribution in [-0.2, 0) is 0 Å². The Balaban J connectivity index is 2.42. The average molecular weight is 271 g/mol. The van der Waals surface area contributed by atoms with Gasteiger partial charge in [0.15, 0.2) is 0 Å². The van der Waals surface area contributed by atoms with Gasteiger partial charge in [0, 0.05) is 12.2 Å². The third-order valence-electron chi connectivity index (χ3n) is 2.67. The standard InChI is InChI=1S/C15H13NO2S/c1-19-9-8-15(16(17)18)11-12-6-7-13-4-2-3-5-14(13)10-12/h2-11H,1H3/b9-8-,15-11+. The van der Waals surface area contributed by atoms with E-state index in [9.17, 15) is 10.1 Å². The van der Waals surface area contributed by atoms with E-state index >= 15 is 0 Å². The molecule has 0 aliphatic heterocycles. The number of benzene rings is 2.